The molecule has 1 unspecified atom stereocenters. The van der Waals surface area contributed by atoms with E-state index >= 15 is 0 Å². The number of fused-ring (bicyclic) bond motifs is 1. The van der Waals surface area contributed by atoms with Crippen molar-refractivity contribution >= 4 is 41.5 Å². The Balaban J connectivity index is 0.00000272. The van der Waals surface area contributed by atoms with Gasteiger partial charge in [0.15, 0.2) is 17.5 Å². The molecular weight excluding hydrogens is 529 g/mol. The molecule has 8 heteroatoms. The van der Waals surface area contributed by atoms with Crippen molar-refractivity contribution in [3.05, 3.63) is 58.6 Å². The van der Waals surface area contributed by atoms with Gasteiger partial charge in [-0.15, -0.1) is 24.0 Å². The number of benzene rings is 2. The van der Waals surface area contributed by atoms with Crippen molar-refractivity contribution in [2.75, 3.05) is 40.0 Å². The fourth-order valence-corrected chi connectivity index (χ4v) is 4.15. The lowest BCUT2D eigenvalue weighted by Gasteiger charge is -2.23. The standard InChI is InChI=1S/C23H28ClN3O3.HI/c1-25-23(26-13-19-11-20(24)22-21(12-19)29-9-10-30-22)27-8-7-18(14-27)16-28-15-17-5-3-2-4-6-17;/h2-6,11-12,18H,7-10,13-16H2,1H3,(H,25,26);1H. The van der Waals surface area contributed by atoms with E-state index in [2.05, 4.69) is 27.3 Å². The molecule has 2 aromatic rings. The van der Waals surface area contributed by atoms with Crippen LogP contribution in [0.2, 0.25) is 5.02 Å². The van der Waals surface area contributed by atoms with E-state index in [1.165, 1.54) is 5.56 Å². The normalized spacial score (nSPS) is 17.9. The molecule has 0 amide bonds. The molecule has 168 valence electrons. The Morgan fingerprint density at radius 2 is 2.00 bits per heavy atom. The maximum absolute atomic E-state index is 6.35. The van der Waals surface area contributed by atoms with Crippen LogP contribution in [0.4, 0.5) is 0 Å². The van der Waals surface area contributed by atoms with E-state index in [4.69, 9.17) is 25.8 Å². The second-order valence-electron chi connectivity index (χ2n) is 7.60. The van der Waals surface area contributed by atoms with Crippen LogP contribution >= 0.6 is 35.6 Å². The lowest BCUT2D eigenvalue weighted by atomic mass is 10.1. The largest absolute Gasteiger partial charge is 0.486 e. The molecule has 1 N–H and O–H groups in total. The molecule has 0 bridgehead atoms. The van der Waals surface area contributed by atoms with Crippen molar-refractivity contribution in [3.63, 3.8) is 0 Å². The second-order valence-corrected chi connectivity index (χ2v) is 8.01. The Labute approximate surface area is 205 Å². The Morgan fingerprint density at radius 1 is 1.19 bits per heavy atom. The van der Waals surface area contributed by atoms with E-state index < -0.39 is 0 Å². The molecule has 0 radical (unpaired) electrons. The zero-order chi connectivity index (χ0) is 20.8. The van der Waals surface area contributed by atoms with Crippen LogP contribution in [-0.4, -0.2) is 50.8 Å². The van der Waals surface area contributed by atoms with Gasteiger partial charge in [0, 0.05) is 32.6 Å². The zero-order valence-corrected chi connectivity index (χ0v) is 20.8. The predicted molar refractivity (Wildman–Crippen MR) is 134 cm³/mol. The highest BCUT2D eigenvalue weighted by Crippen LogP contribution is 2.38. The fourth-order valence-electron chi connectivity index (χ4n) is 3.86. The van der Waals surface area contributed by atoms with E-state index in [1.54, 1.807) is 0 Å². The van der Waals surface area contributed by atoms with E-state index in [-0.39, 0.29) is 24.0 Å². The minimum Gasteiger partial charge on any atom is -0.486 e. The maximum Gasteiger partial charge on any atom is 0.193 e. The summed E-state index contributed by atoms with van der Waals surface area (Å²) in [5, 5.41) is 4.02. The highest BCUT2D eigenvalue weighted by Gasteiger charge is 2.25. The number of rotatable bonds is 6. The van der Waals surface area contributed by atoms with Gasteiger partial charge in [-0.25, -0.2) is 0 Å². The molecule has 0 saturated carbocycles. The molecule has 1 saturated heterocycles. The van der Waals surface area contributed by atoms with E-state index in [0.717, 1.165) is 37.6 Å². The first-order valence-electron chi connectivity index (χ1n) is 10.4. The summed E-state index contributed by atoms with van der Waals surface area (Å²) in [5.41, 5.74) is 2.25. The molecule has 0 spiro atoms. The zero-order valence-electron chi connectivity index (χ0n) is 17.7. The molecule has 2 aliphatic heterocycles. The quantitative estimate of drug-likeness (QED) is 0.325. The average molecular weight is 558 g/mol. The lowest BCUT2D eigenvalue weighted by Crippen LogP contribution is -2.39. The minimum absolute atomic E-state index is 0. The molecule has 1 fully saturated rings. The number of likely N-dealkylation sites (tertiary alicyclic amines) is 1. The number of hydrogen-bond acceptors (Lipinski definition) is 4. The SMILES string of the molecule is CN=C(NCc1cc(Cl)c2c(c1)OCCO2)N1CCC(COCc2ccccc2)C1.I. The van der Waals surface area contributed by atoms with Crippen LogP contribution in [0.1, 0.15) is 17.5 Å². The summed E-state index contributed by atoms with van der Waals surface area (Å²) in [6, 6.07) is 14.2. The molecule has 0 aliphatic carbocycles. The summed E-state index contributed by atoms with van der Waals surface area (Å²) in [6.07, 6.45) is 1.10. The van der Waals surface area contributed by atoms with E-state index in [9.17, 15) is 0 Å². The van der Waals surface area contributed by atoms with Gasteiger partial charge in [0.2, 0.25) is 0 Å². The number of nitrogens with one attached hydrogen (secondary N) is 1. The Hall–Kier alpha value is -1.71. The Bertz CT molecular complexity index is 882. The van der Waals surface area contributed by atoms with Crippen molar-refractivity contribution in [2.45, 2.75) is 19.6 Å². The van der Waals surface area contributed by atoms with Crippen LogP contribution in [0.5, 0.6) is 11.5 Å². The summed E-state index contributed by atoms with van der Waals surface area (Å²) in [7, 11) is 1.82. The fraction of sp³-hybridized carbons (Fsp3) is 0.435. The van der Waals surface area contributed by atoms with Crippen LogP contribution < -0.4 is 14.8 Å². The van der Waals surface area contributed by atoms with Crippen molar-refractivity contribution in [1.82, 2.24) is 10.2 Å². The summed E-state index contributed by atoms with van der Waals surface area (Å²) >= 11 is 6.35. The minimum atomic E-state index is 0. The van der Waals surface area contributed by atoms with Gasteiger partial charge in [-0.1, -0.05) is 41.9 Å². The molecule has 6 nitrogen and oxygen atoms in total. The summed E-state index contributed by atoms with van der Waals surface area (Å²) in [5.74, 6) is 2.74. The van der Waals surface area contributed by atoms with Gasteiger partial charge >= 0.3 is 0 Å². The molecule has 31 heavy (non-hydrogen) atoms. The molecule has 2 heterocycles. The summed E-state index contributed by atoms with van der Waals surface area (Å²) in [6.45, 7) is 5.03. The second kappa shape index (κ2) is 11.8. The van der Waals surface area contributed by atoms with E-state index in [1.807, 2.05) is 37.4 Å². The van der Waals surface area contributed by atoms with Crippen molar-refractivity contribution in [1.29, 1.82) is 0 Å². The monoisotopic (exact) mass is 557 g/mol. The van der Waals surface area contributed by atoms with Gasteiger partial charge in [0.1, 0.15) is 13.2 Å². The first-order valence-corrected chi connectivity index (χ1v) is 10.8. The maximum atomic E-state index is 6.35. The smallest absolute Gasteiger partial charge is 0.193 e. The number of aliphatic imine (C=N–C) groups is 1. The molecular formula is C23H29ClIN3O3. The van der Waals surface area contributed by atoms with Gasteiger partial charge in [-0.05, 0) is 29.7 Å². The van der Waals surface area contributed by atoms with Crippen LogP contribution in [0.3, 0.4) is 0 Å². The third-order valence-electron chi connectivity index (χ3n) is 5.37. The first-order chi connectivity index (χ1) is 14.7. The number of guanidine groups is 1. The highest BCUT2D eigenvalue weighted by molar-refractivity contribution is 14.0. The van der Waals surface area contributed by atoms with Crippen LogP contribution in [0.25, 0.3) is 0 Å². The Morgan fingerprint density at radius 3 is 2.81 bits per heavy atom. The van der Waals surface area contributed by atoms with Crippen LogP contribution in [0.15, 0.2) is 47.5 Å². The molecule has 4 rings (SSSR count). The molecule has 2 aliphatic rings. The number of nitrogens with zero attached hydrogens (tertiary/aromatic N) is 2. The average Bonchev–Trinajstić information content (AvgIpc) is 3.24. The first kappa shape index (κ1) is 23.9. The van der Waals surface area contributed by atoms with Crippen molar-refractivity contribution in [2.24, 2.45) is 10.9 Å². The van der Waals surface area contributed by atoms with Crippen LogP contribution in [-0.2, 0) is 17.9 Å². The molecule has 0 aromatic heterocycles. The number of halogens is 2. The molecule has 1 atom stereocenters. The van der Waals surface area contributed by atoms with Gasteiger partial charge in [-0.3, -0.25) is 4.99 Å². The van der Waals surface area contributed by atoms with Gasteiger partial charge in [0.05, 0.1) is 18.2 Å². The van der Waals surface area contributed by atoms with E-state index in [0.29, 0.717) is 48.8 Å². The van der Waals surface area contributed by atoms with Gasteiger partial charge in [0.25, 0.3) is 0 Å². The topological polar surface area (TPSA) is 55.3 Å². The third-order valence-corrected chi connectivity index (χ3v) is 5.65. The van der Waals surface area contributed by atoms with Gasteiger partial charge in [-0.2, -0.15) is 0 Å². The number of hydrogen-bond donors (Lipinski definition) is 1. The number of ether oxygens (including phenoxy) is 3. The van der Waals surface area contributed by atoms with Crippen LogP contribution in [0, 0.1) is 5.92 Å². The highest BCUT2D eigenvalue weighted by atomic mass is 127. The summed E-state index contributed by atoms with van der Waals surface area (Å²) in [4.78, 5) is 6.75. The predicted octanol–water partition coefficient (Wildman–Crippen LogP) is 4.34. The summed E-state index contributed by atoms with van der Waals surface area (Å²) < 4.78 is 17.2. The van der Waals surface area contributed by atoms with Crippen molar-refractivity contribution in [3.8, 4) is 11.5 Å². The lowest BCUT2D eigenvalue weighted by molar-refractivity contribution is 0.0906. The third kappa shape index (κ3) is 6.40. The Kier molecular flexibility index (Phi) is 9.10. The van der Waals surface area contributed by atoms with Gasteiger partial charge < -0.3 is 24.4 Å². The molecule has 2 aromatic carbocycles. The van der Waals surface area contributed by atoms with Crippen molar-refractivity contribution < 1.29 is 14.2 Å².